The number of morpholine rings is 1. The highest BCUT2D eigenvalue weighted by Gasteiger charge is 2.17. The molecule has 1 N–H and O–H groups in total. The van der Waals surface area contributed by atoms with E-state index in [4.69, 9.17) is 9.47 Å². The fraction of sp³-hybridized carbons (Fsp3) is 0.556. The first-order valence-electron chi connectivity index (χ1n) is 8.59. The van der Waals surface area contributed by atoms with Gasteiger partial charge in [0.15, 0.2) is 5.82 Å². The Kier molecular flexibility index (Phi) is 5.82. The van der Waals surface area contributed by atoms with Crippen LogP contribution in [0.2, 0.25) is 0 Å². The average molecular weight is 330 g/mol. The summed E-state index contributed by atoms with van der Waals surface area (Å²) in [5.74, 6) is 2.68. The van der Waals surface area contributed by atoms with Crippen molar-refractivity contribution in [1.82, 2.24) is 20.1 Å². The third kappa shape index (κ3) is 4.55. The lowest BCUT2D eigenvalue weighted by atomic mass is 10.1. The second-order valence-electron chi connectivity index (χ2n) is 6.26. The van der Waals surface area contributed by atoms with E-state index in [1.165, 1.54) is 5.56 Å². The van der Waals surface area contributed by atoms with Gasteiger partial charge in [-0.05, 0) is 31.0 Å². The summed E-state index contributed by atoms with van der Waals surface area (Å²) in [5, 5.41) is 7.42. The summed E-state index contributed by atoms with van der Waals surface area (Å²) in [6, 6.07) is 8.59. The molecule has 2 aromatic rings. The average Bonchev–Trinajstić information content (AvgIpc) is 3.08. The Balaban J connectivity index is 1.49. The summed E-state index contributed by atoms with van der Waals surface area (Å²) in [6.45, 7) is 6.01. The first-order valence-corrected chi connectivity index (χ1v) is 8.59. The molecule has 2 heterocycles. The van der Waals surface area contributed by atoms with Crippen LogP contribution in [0, 0.1) is 0 Å². The quantitative estimate of drug-likeness (QED) is 0.842. The Hall–Kier alpha value is -1.92. The molecule has 1 atom stereocenters. The van der Waals surface area contributed by atoms with E-state index in [-0.39, 0.29) is 0 Å². The predicted molar refractivity (Wildman–Crippen MR) is 92.4 cm³/mol. The van der Waals surface area contributed by atoms with Gasteiger partial charge < -0.3 is 9.47 Å². The monoisotopic (exact) mass is 330 g/mol. The van der Waals surface area contributed by atoms with E-state index in [9.17, 15) is 0 Å². The van der Waals surface area contributed by atoms with Gasteiger partial charge >= 0.3 is 0 Å². The van der Waals surface area contributed by atoms with E-state index >= 15 is 0 Å². The molecule has 6 nitrogen and oxygen atoms in total. The molecule has 1 fully saturated rings. The number of benzene rings is 1. The Labute approximate surface area is 143 Å². The molecule has 6 heteroatoms. The number of nitrogens with zero attached hydrogens (tertiary/aromatic N) is 3. The standard InChI is InChI=1S/C18H26N4O2/c1-14(22-9-11-24-12-10-22)3-8-17-19-18(21-20-17)13-15-4-6-16(23-2)7-5-15/h4-7,14H,3,8-13H2,1-2H3,(H,19,20,21)/t14-/m0/s1. The summed E-state index contributed by atoms with van der Waals surface area (Å²) in [4.78, 5) is 7.10. The fourth-order valence-corrected chi connectivity index (χ4v) is 3.00. The maximum absolute atomic E-state index is 5.41. The van der Waals surface area contributed by atoms with Gasteiger partial charge in [0.05, 0.1) is 20.3 Å². The predicted octanol–water partition coefficient (Wildman–Crippen LogP) is 2.06. The zero-order valence-electron chi connectivity index (χ0n) is 14.5. The van der Waals surface area contributed by atoms with Crippen molar-refractivity contribution in [3.63, 3.8) is 0 Å². The second-order valence-corrected chi connectivity index (χ2v) is 6.26. The minimum absolute atomic E-state index is 0.539. The molecule has 1 aromatic heterocycles. The van der Waals surface area contributed by atoms with Gasteiger partial charge in [-0.1, -0.05) is 12.1 Å². The van der Waals surface area contributed by atoms with Crippen LogP contribution in [0.4, 0.5) is 0 Å². The van der Waals surface area contributed by atoms with Gasteiger partial charge in [-0.25, -0.2) is 4.98 Å². The number of methoxy groups -OCH3 is 1. The fourth-order valence-electron chi connectivity index (χ4n) is 3.00. The van der Waals surface area contributed by atoms with Crippen LogP contribution in [0.1, 0.15) is 30.6 Å². The third-order valence-electron chi connectivity index (χ3n) is 4.56. The molecule has 1 aliphatic heterocycles. The summed E-state index contributed by atoms with van der Waals surface area (Å²) in [5.41, 5.74) is 1.19. The maximum atomic E-state index is 5.41. The first-order chi connectivity index (χ1) is 11.7. The van der Waals surface area contributed by atoms with E-state index in [0.717, 1.165) is 63.0 Å². The van der Waals surface area contributed by atoms with Crippen molar-refractivity contribution in [2.75, 3.05) is 33.4 Å². The van der Waals surface area contributed by atoms with Crippen LogP contribution < -0.4 is 4.74 Å². The zero-order chi connectivity index (χ0) is 16.8. The zero-order valence-corrected chi connectivity index (χ0v) is 14.5. The topological polar surface area (TPSA) is 63.3 Å². The summed E-state index contributed by atoms with van der Waals surface area (Å²) in [7, 11) is 1.68. The van der Waals surface area contributed by atoms with Crippen molar-refractivity contribution in [3.05, 3.63) is 41.5 Å². The highest BCUT2D eigenvalue weighted by Crippen LogP contribution is 2.14. The summed E-state index contributed by atoms with van der Waals surface area (Å²) >= 11 is 0. The van der Waals surface area contributed by atoms with E-state index in [0.29, 0.717) is 6.04 Å². The van der Waals surface area contributed by atoms with Crippen LogP contribution in [0.3, 0.4) is 0 Å². The number of rotatable bonds is 7. The molecule has 0 radical (unpaired) electrons. The number of aromatic amines is 1. The highest BCUT2D eigenvalue weighted by molar-refractivity contribution is 5.28. The minimum Gasteiger partial charge on any atom is -0.497 e. The minimum atomic E-state index is 0.539. The number of hydrogen-bond donors (Lipinski definition) is 1. The number of aromatic nitrogens is 3. The van der Waals surface area contributed by atoms with Crippen LogP contribution in [0.15, 0.2) is 24.3 Å². The number of H-pyrrole nitrogens is 1. The van der Waals surface area contributed by atoms with Crippen LogP contribution in [0.25, 0.3) is 0 Å². The Morgan fingerprint density at radius 1 is 1.25 bits per heavy atom. The van der Waals surface area contributed by atoms with Crippen LogP contribution in [0.5, 0.6) is 5.75 Å². The maximum Gasteiger partial charge on any atom is 0.150 e. The SMILES string of the molecule is COc1ccc(Cc2nc(CC[C@H](C)N3CCOCC3)n[nH]2)cc1. The van der Waals surface area contributed by atoms with Crippen molar-refractivity contribution in [2.45, 2.75) is 32.2 Å². The van der Waals surface area contributed by atoms with Gasteiger partial charge in [0.25, 0.3) is 0 Å². The van der Waals surface area contributed by atoms with Crippen molar-refractivity contribution < 1.29 is 9.47 Å². The van der Waals surface area contributed by atoms with E-state index in [1.54, 1.807) is 7.11 Å². The molecule has 3 rings (SSSR count). The lowest BCUT2D eigenvalue weighted by Gasteiger charge is -2.32. The van der Waals surface area contributed by atoms with Crippen molar-refractivity contribution in [1.29, 1.82) is 0 Å². The van der Waals surface area contributed by atoms with Crippen molar-refractivity contribution in [2.24, 2.45) is 0 Å². The molecule has 1 aromatic carbocycles. The van der Waals surface area contributed by atoms with Gasteiger partial charge in [-0.3, -0.25) is 10.00 Å². The molecular weight excluding hydrogens is 304 g/mol. The van der Waals surface area contributed by atoms with E-state index < -0.39 is 0 Å². The number of ether oxygens (including phenoxy) is 2. The molecule has 0 bridgehead atoms. The summed E-state index contributed by atoms with van der Waals surface area (Å²) < 4.78 is 10.6. The first kappa shape index (κ1) is 16.9. The van der Waals surface area contributed by atoms with Gasteiger partial charge in [0, 0.05) is 32.0 Å². The molecular formula is C18H26N4O2. The van der Waals surface area contributed by atoms with Crippen LogP contribution in [-0.4, -0.2) is 59.5 Å². The Morgan fingerprint density at radius 2 is 2.00 bits per heavy atom. The van der Waals surface area contributed by atoms with E-state index in [2.05, 4.69) is 39.1 Å². The molecule has 130 valence electrons. The van der Waals surface area contributed by atoms with Crippen LogP contribution >= 0.6 is 0 Å². The smallest absolute Gasteiger partial charge is 0.150 e. The summed E-state index contributed by atoms with van der Waals surface area (Å²) in [6.07, 6.45) is 2.73. The van der Waals surface area contributed by atoms with E-state index in [1.807, 2.05) is 12.1 Å². The molecule has 1 aliphatic rings. The van der Waals surface area contributed by atoms with Gasteiger partial charge in [0.1, 0.15) is 11.6 Å². The van der Waals surface area contributed by atoms with Gasteiger partial charge in [-0.2, -0.15) is 5.10 Å². The van der Waals surface area contributed by atoms with Gasteiger partial charge in [-0.15, -0.1) is 0 Å². The molecule has 0 saturated carbocycles. The largest absolute Gasteiger partial charge is 0.497 e. The number of nitrogens with one attached hydrogen (secondary N) is 1. The Bertz CT molecular complexity index is 620. The lowest BCUT2D eigenvalue weighted by molar-refractivity contribution is 0.0186. The second kappa shape index (κ2) is 8.26. The highest BCUT2D eigenvalue weighted by atomic mass is 16.5. The number of aryl methyl sites for hydroxylation is 1. The normalized spacial score (nSPS) is 16.9. The molecule has 0 spiro atoms. The lowest BCUT2D eigenvalue weighted by Crippen LogP contribution is -2.42. The van der Waals surface area contributed by atoms with Crippen molar-refractivity contribution in [3.8, 4) is 5.75 Å². The molecule has 0 unspecified atom stereocenters. The molecule has 1 saturated heterocycles. The van der Waals surface area contributed by atoms with Crippen LogP contribution in [-0.2, 0) is 17.6 Å². The van der Waals surface area contributed by atoms with Crippen molar-refractivity contribution >= 4 is 0 Å². The molecule has 0 amide bonds. The number of hydrogen-bond acceptors (Lipinski definition) is 5. The third-order valence-corrected chi connectivity index (χ3v) is 4.56. The molecule has 0 aliphatic carbocycles. The Morgan fingerprint density at radius 3 is 2.71 bits per heavy atom. The molecule has 24 heavy (non-hydrogen) atoms. The van der Waals surface area contributed by atoms with Gasteiger partial charge in [0.2, 0.25) is 0 Å².